The fourth-order valence-electron chi connectivity index (χ4n) is 2.86. The molecular formula is C21H27N3O2. The molecule has 26 heavy (non-hydrogen) atoms. The summed E-state index contributed by atoms with van der Waals surface area (Å²) in [5.74, 6) is 2.58. The monoisotopic (exact) mass is 353 g/mol. The number of methoxy groups -OCH3 is 1. The van der Waals surface area contributed by atoms with Gasteiger partial charge in [0.05, 0.1) is 13.2 Å². The summed E-state index contributed by atoms with van der Waals surface area (Å²) in [5, 5.41) is 6.69. The SMILES string of the molecule is CN=C(NCc1ccccc1OC)NCc1ccccc1OC1CCC1. The van der Waals surface area contributed by atoms with Crippen LogP contribution < -0.4 is 20.1 Å². The predicted octanol–water partition coefficient (Wildman–Crippen LogP) is 3.49. The molecular weight excluding hydrogens is 326 g/mol. The van der Waals surface area contributed by atoms with E-state index in [9.17, 15) is 0 Å². The lowest BCUT2D eigenvalue weighted by Crippen LogP contribution is -2.36. The minimum absolute atomic E-state index is 0.374. The molecule has 0 aromatic heterocycles. The second-order valence-corrected chi connectivity index (χ2v) is 6.37. The highest BCUT2D eigenvalue weighted by Gasteiger charge is 2.20. The molecule has 5 heteroatoms. The fraction of sp³-hybridized carbons (Fsp3) is 0.381. The number of nitrogens with zero attached hydrogens (tertiary/aromatic N) is 1. The number of rotatable bonds is 7. The molecule has 0 radical (unpaired) electrons. The molecule has 1 fully saturated rings. The molecule has 0 unspecified atom stereocenters. The summed E-state index contributed by atoms with van der Waals surface area (Å²) in [6, 6.07) is 16.2. The molecule has 2 N–H and O–H groups in total. The van der Waals surface area contributed by atoms with Gasteiger partial charge < -0.3 is 20.1 Å². The number of ether oxygens (including phenoxy) is 2. The van der Waals surface area contributed by atoms with Crippen LogP contribution in [0.15, 0.2) is 53.5 Å². The van der Waals surface area contributed by atoms with Gasteiger partial charge in [-0.15, -0.1) is 0 Å². The number of para-hydroxylation sites is 2. The van der Waals surface area contributed by atoms with E-state index in [1.807, 2.05) is 42.5 Å². The first kappa shape index (κ1) is 18.1. The Kier molecular flexibility index (Phi) is 6.36. The number of aliphatic imine (C=N–C) groups is 1. The Hall–Kier alpha value is -2.69. The highest BCUT2D eigenvalue weighted by atomic mass is 16.5. The summed E-state index contributed by atoms with van der Waals surface area (Å²) in [6.45, 7) is 1.30. The molecule has 0 saturated heterocycles. The van der Waals surface area contributed by atoms with Crippen molar-refractivity contribution in [2.75, 3.05) is 14.2 Å². The average Bonchev–Trinajstić information content (AvgIpc) is 2.66. The van der Waals surface area contributed by atoms with Gasteiger partial charge in [0.1, 0.15) is 11.5 Å². The smallest absolute Gasteiger partial charge is 0.191 e. The van der Waals surface area contributed by atoms with Crippen molar-refractivity contribution >= 4 is 5.96 Å². The summed E-state index contributed by atoms with van der Waals surface area (Å²) in [4.78, 5) is 4.30. The Balaban J connectivity index is 1.56. The van der Waals surface area contributed by atoms with E-state index in [0.29, 0.717) is 19.2 Å². The molecule has 3 rings (SSSR count). The molecule has 1 aliphatic carbocycles. The molecule has 2 aromatic rings. The highest BCUT2D eigenvalue weighted by molar-refractivity contribution is 5.79. The van der Waals surface area contributed by atoms with Crippen LogP contribution in [0, 0.1) is 0 Å². The second-order valence-electron chi connectivity index (χ2n) is 6.37. The van der Waals surface area contributed by atoms with Crippen LogP contribution in [-0.2, 0) is 13.1 Å². The van der Waals surface area contributed by atoms with Crippen molar-refractivity contribution in [1.82, 2.24) is 10.6 Å². The third-order valence-corrected chi connectivity index (χ3v) is 4.63. The van der Waals surface area contributed by atoms with Gasteiger partial charge in [0, 0.05) is 31.3 Å². The zero-order chi connectivity index (χ0) is 18.2. The zero-order valence-corrected chi connectivity index (χ0v) is 15.5. The lowest BCUT2D eigenvalue weighted by Gasteiger charge is -2.27. The van der Waals surface area contributed by atoms with Crippen molar-refractivity contribution in [3.05, 3.63) is 59.7 Å². The van der Waals surface area contributed by atoms with E-state index in [-0.39, 0.29) is 0 Å². The maximum atomic E-state index is 6.09. The third-order valence-electron chi connectivity index (χ3n) is 4.63. The third kappa shape index (κ3) is 4.69. The first-order valence-corrected chi connectivity index (χ1v) is 9.11. The maximum absolute atomic E-state index is 6.09. The molecule has 5 nitrogen and oxygen atoms in total. The number of guanidine groups is 1. The van der Waals surface area contributed by atoms with Crippen LogP contribution in [0.4, 0.5) is 0 Å². The minimum atomic E-state index is 0.374. The van der Waals surface area contributed by atoms with Gasteiger partial charge in [-0.2, -0.15) is 0 Å². The lowest BCUT2D eigenvalue weighted by atomic mass is 9.96. The van der Waals surface area contributed by atoms with E-state index in [2.05, 4.69) is 21.7 Å². The molecule has 1 aliphatic rings. The topological polar surface area (TPSA) is 54.9 Å². The van der Waals surface area contributed by atoms with Gasteiger partial charge in [-0.05, 0) is 31.4 Å². The van der Waals surface area contributed by atoms with Crippen molar-refractivity contribution in [1.29, 1.82) is 0 Å². The number of hydrogen-bond donors (Lipinski definition) is 2. The van der Waals surface area contributed by atoms with Crippen LogP contribution in [0.3, 0.4) is 0 Å². The van der Waals surface area contributed by atoms with Gasteiger partial charge in [0.25, 0.3) is 0 Å². The van der Waals surface area contributed by atoms with Crippen molar-refractivity contribution < 1.29 is 9.47 Å². The molecule has 0 heterocycles. The molecule has 0 atom stereocenters. The normalized spacial score (nSPS) is 14.5. The minimum Gasteiger partial charge on any atom is -0.496 e. The first-order chi connectivity index (χ1) is 12.8. The molecule has 2 aromatic carbocycles. The van der Waals surface area contributed by atoms with Crippen LogP contribution in [-0.4, -0.2) is 26.2 Å². The van der Waals surface area contributed by atoms with Crippen molar-refractivity contribution in [3.8, 4) is 11.5 Å². The standard InChI is InChI=1S/C21H27N3O2/c1-22-21(23-14-16-8-3-5-12-19(16)25-2)24-15-17-9-4-6-13-20(17)26-18-10-7-11-18/h3-6,8-9,12-13,18H,7,10-11,14-15H2,1-2H3,(H2,22,23,24). The van der Waals surface area contributed by atoms with Gasteiger partial charge >= 0.3 is 0 Å². The van der Waals surface area contributed by atoms with Crippen molar-refractivity contribution in [3.63, 3.8) is 0 Å². The van der Waals surface area contributed by atoms with Gasteiger partial charge in [0.15, 0.2) is 5.96 Å². The van der Waals surface area contributed by atoms with Crippen molar-refractivity contribution in [2.45, 2.75) is 38.5 Å². The van der Waals surface area contributed by atoms with Gasteiger partial charge in [-0.1, -0.05) is 36.4 Å². The van der Waals surface area contributed by atoms with E-state index in [1.165, 1.54) is 6.42 Å². The van der Waals surface area contributed by atoms with Crippen LogP contribution in [0.25, 0.3) is 0 Å². The van der Waals surface area contributed by atoms with Gasteiger partial charge in [-0.25, -0.2) is 0 Å². The summed E-state index contributed by atoms with van der Waals surface area (Å²) in [6.07, 6.45) is 3.96. The summed E-state index contributed by atoms with van der Waals surface area (Å²) >= 11 is 0. The van der Waals surface area contributed by atoms with E-state index >= 15 is 0 Å². The predicted molar refractivity (Wildman–Crippen MR) is 105 cm³/mol. The van der Waals surface area contributed by atoms with E-state index in [4.69, 9.17) is 9.47 Å². The number of benzene rings is 2. The van der Waals surface area contributed by atoms with Crippen LogP contribution >= 0.6 is 0 Å². The quantitative estimate of drug-likeness (QED) is 0.591. The second kappa shape index (κ2) is 9.13. The summed E-state index contributed by atoms with van der Waals surface area (Å²) in [7, 11) is 3.46. The Morgan fingerprint density at radius 3 is 2.08 bits per heavy atom. The van der Waals surface area contributed by atoms with Crippen molar-refractivity contribution in [2.24, 2.45) is 4.99 Å². The number of nitrogens with one attached hydrogen (secondary N) is 2. The molecule has 0 spiro atoms. The molecule has 0 amide bonds. The molecule has 1 saturated carbocycles. The highest BCUT2D eigenvalue weighted by Crippen LogP contribution is 2.27. The average molecular weight is 353 g/mol. The lowest BCUT2D eigenvalue weighted by molar-refractivity contribution is 0.119. The largest absolute Gasteiger partial charge is 0.496 e. The summed E-state index contributed by atoms with van der Waals surface area (Å²) < 4.78 is 11.5. The Morgan fingerprint density at radius 1 is 0.962 bits per heavy atom. The number of hydrogen-bond acceptors (Lipinski definition) is 3. The van der Waals surface area contributed by atoms with Crippen LogP contribution in [0.1, 0.15) is 30.4 Å². The Labute approximate surface area is 155 Å². The summed E-state index contributed by atoms with van der Waals surface area (Å²) in [5.41, 5.74) is 2.23. The van der Waals surface area contributed by atoms with Gasteiger partial charge in [0.2, 0.25) is 0 Å². The first-order valence-electron chi connectivity index (χ1n) is 9.11. The van der Waals surface area contributed by atoms with E-state index in [1.54, 1.807) is 14.2 Å². The molecule has 138 valence electrons. The van der Waals surface area contributed by atoms with E-state index < -0.39 is 0 Å². The van der Waals surface area contributed by atoms with Crippen LogP contribution in [0.5, 0.6) is 11.5 Å². The molecule has 0 aliphatic heterocycles. The van der Waals surface area contributed by atoms with E-state index in [0.717, 1.165) is 41.4 Å². The Bertz CT molecular complexity index is 742. The molecule has 0 bridgehead atoms. The van der Waals surface area contributed by atoms with Crippen LogP contribution in [0.2, 0.25) is 0 Å². The Morgan fingerprint density at radius 2 is 1.54 bits per heavy atom. The zero-order valence-electron chi connectivity index (χ0n) is 15.5. The van der Waals surface area contributed by atoms with Gasteiger partial charge in [-0.3, -0.25) is 4.99 Å². The fourth-order valence-corrected chi connectivity index (χ4v) is 2.86. The maximum Gasteiger partial charge on any atom is 0.191 e.